The number of rotatable bonds is 6. The van der Waals surface area contributed by atoms with E-state index in [9.17, 15) is 24.6 Å². The zero-order chi connectivity index (χ0) is 31.0. The number of amides is 2. The molecule has 0 radical (unpaired) electrons. The molecule has 2 N–H and O–H groups in total. The van der Waals surface area contributed by atoms with Crippen LogP contribution in [0.25, 0.3) is 16.7 Å². The van der Waals surface area contributed by atoms with Gasteiger partial charge < -0.3 is 29.5 Å². The Morgan fingerprint density at radius 2 is 1.68 bits per heavy atom. The molecule has 2 atom stereocenters. The number of hydrogen-bond acceptors (Lipinski definition) is 6. The molecule has 0 spiro atoms. The summed E-state index contributed by atoms with van der Waals surface area (Å²) in [6, 6.07) is 19.4. The van der Waals surface area contributed by atoms with Gasteiger partial charge in [-0.25, -0.2) is 9.78 Å². The molecule has 4 heterocycles. The Morgan fingerprint density at radius 1 is 0.977 bits per heavy atom. The second-order valence-corrected chi connectivity index (χ2v) is 12.2. The molecule has 11 nitrogen and oxygen atoms in total. The van der Waals surface area contributed by atoms with Crippen molar-refractivity contribution in [1.82, 2.24) is 23.9 Å². The fourth-order valence-electron chi connectivity index (χ4n) is 6.60. The standard InChI is InChI=1S/C33H38N6O5/c1-35(2)24-8-10-25(11-9-24)39-17-13-27-29(39)34-22-38(31(27)41)21-33(44)14-18-36(19-15-33)30(40)26-12-16-37(32(42)43)20-28(26)23-6-4-3-5-7-23/h3-11,13,17,22,26,28,44H,12,14-16,18-21H2,1-2H3,(H,42,43)/t26-,28+/m1/s1. The Balaban J connectivity index is 1.14. The van der Waals surface area contributed by atoms with Crippen LogP contribution in [0.5, 0.6) is 0 Å². The molecule has 2 aromatic carbocycles. The highest BCUT2D eigenvalue weighted by Crippen LogP contribution is 2.35. The number of nitrogens with zero attached hydrogens (tertiary/aromatic N) is 6. The Kier molecular flexibility index (Phi) is 7.89. The fourth-order valence-corrected chi connectivity index (χ4v) is 6.60. The summed E-state index contributed by atoms with van der Waals surface area (Å²) in [4.78, 5) is 48.7. The van der Waals surface area contributed by atoms with E-state index in [0.717, 1.165) is 16.9 Å². The van der Waals surface area contributed by atoms with Gasteiger partial charge in [-0.3, -0.25) is 14.2 Å². The van der Waals surface area contributed by atoms with Crippen molar-refractivity contribution in [3.63, 3.8) is 0 Å². The summed E-state index contributed by atoms with van der Waals surface area (Å²) in [6.07, 6.45) is 3.45. The summed E-state index contributed by atoms with van der Waals surface area (Å²) in [5.41, 5.74) is 2.09. The van der Waals surface area contributed by atoms with Gasteiger partial charge in [-0.15, -0.1) is 0 Å². The number of fused-ring (bicyclic) bond motifs is 1. The van der Waals surface area contributed by atoms with E-state index in [-0.39, 0.29) is 36.4 Å². The highest BCUT2D eigenvalue weighted by atomic mass is 16.4. The summed E-state index contributed by atoms with van der Waals surface area (Å²) in [5.74, 6) is -0.577. The summed E-state index contributed by atoms with van der Waals surface area (Å²) in [7, 11) is 3.96. The molecule has 2 aromatic heterocycles. The first kappa shape index (κ1) is 29.4. The van der Waals surface area contributed by atoms with Gasteiger partial charge >= 0.3 is 6.09 Å². The quantitative estimate of drug-likeness (QED) is 0.349. The third-order valence-corrected chi connectivity index (χ3v) is 9.21. The van der Waals surface area contributed by atoms with Crippen molar-refractivity contribution in [2.75, 3.05) is 45.2 Å². The fraction of sp³-hybridized carbons (Fsp3) is 0.394. The van der Waals surface area contributed by atoms with Gasteiger partial charge in [-0.2, -0.15) is 0 Å². The molecule has 2 aliphatic rings. The number of aromatic nitrogens is 3. The first-order valence-electron chi connectivity index (χ1n) is 15.0. The van der Waals surface area contributed by atoms with Crippen LogP contribution in [-0.4, -0.2) is 92.0 Å². The van der Waals surface area contributed by atoms with E-state index in [4.69, 9.17) is 0 Å². The predicted molar refractivity (Wildman–Crippen MR) is 167 cm³/mol. The number of carbonyl (C=O) groups is 2. The van der Waals surface area contributed by atoms with Gasteiger partial charge in [-0.05, 0) is 55.2 Å². The lowest BCUT2D eigenvalue weighted by atomic mass is 9.79. The minimum atomic E-state index is -1.16. The average Bonchev–Trinajstić information content (AvgIpc) is 3.47. The Bertz CT molecular complexity index is 1710. The maximum atomic E-state index is 13.8. The van der Waals surface area contributed by atoms with E-state index in [1.54, 1.807) is 11.0 Å². The number of piperidine rings is 2. The third kappa shape index (κ3) is 5.67. The number of hydrogen-bond donors (Lipinski definition) is 2. The molecule has 2 saturated heterocycles. The van der Waals surface area contributed by atoms with Crippen LogP contribution in [0.2, 0.25) is 0 Å². The van der Waals surface area contributed by atoms with Crippen LogP contribution in [0.3, 0.4) is 0 Å². The molecular formula is C33H38N6O5. The molecule has 0 bridgehead atoms. The van der Waals surface area contributed by atoms with Gasteiger partial charge in [0.15, 0.2) is 5.65 Å². The van der Waals surface area contributed by atoms with E-state index in [0.29, 0.717) is 49.9 Å². The van der Waals surface area contributed by atoms with Gasteiger partial charge in [0.1, 0.15) is 6.33 Å². The van der Waals surface area contributed by atoms with Crippen molar-refractivity contribution in [2.24, 2.45) is 5.92 Å². The summed E-state index contributed by atoms with van der Waals surface area (Å²) < 4.78 is 3.34. The lowest BCUT2D eigenvalue weighted by molar-refractivity contribution is -0.142. The van der Waals surface area contributed by atoms with Crippen LogP contribution in [0.4, 0.5) is 10.5 Å². The largest absolute Gasteiger partial charge is 0.465 e. The highest BCUT2D eigenvalue weighted by Gasteiger charge is 2.41. The first-order chi connectivity index (χ1) is 21.1. The Labute approximate surface area is 255 Å². The van der Waals surface area contributed by atoms with Gasteiger partial charge in [0, 0.05) is 69.7 Å². The number of carbonyl (C=O) groups excluding carboxylic acids is 1. The lowest BCUT2D eigenvalue weighted by Gasteiger charge is -2.42. The van der Waals surface area contributed by atoms with Crippen LogP contribution >= 0.6 is 0 Å². The lowest BCUT2D eigenvalue weighted by Crippen LogP contribution is -2.53. The Morgan fingerprint density at radius 3 is 2.34 bits per heavy atom. The SMILES string of the molecule is CN(C)c1ccc(-n2ccc3c(=O)n(CC4(O)CCN(C(=O)[C@@H]5CCN(C(=O)O)C[C@H]5c5ccccc5)CC4)cnc32)cc1. The second-order valence-electron chi connectivity index (χ2n) is 12.2. The van der Waals surface area contributed by atoms with E-state index in [1.165, 1.54) is 15.8 Å². The molecule has 2 aliphatic heterocycles. The number of benzene rings is 2. The highest BCUT2D eigenvalue weighted by molar-refractivity contribution is 5.81. The van der Waals surface area contributed by atoms with Crippen LogP contribution in [0.1, 0.15) is 30.7 Å². The minimum Gasteiger partial charge on any atom is -0.465 e. The number of likely N-dealkylation sites (tertiary alicyclic amines) is 2. The smallest absolute Gasteiger partial charge is 0.407 e. The molecule has 4 aromatic rings. The summed E-state index contributed by atoms with van der Waals surface area (Å²) >= 11 is 0. The predicted octanol–water partition coefficient (Wildman–Crippen LogP) is 3.39. The van der Waals surface area contributed by atoms with E-state index < -0.39 is 11.7 Å². The maximum Gasteiger partial charge on any atom is 0.407 e. The summed E-state index contributed by atoms with van der Waals surface area (Å²) in [6.45, 7) is 1.39. The number of anilines is 1. The summed E-state index contributed by atoms with van der Waals surface area (Å²) in [5, 5.41) is 21.6. The van der Waals surface area contributed by atoms with Crippen molar-refractivity contribution in [2.45, 2.75) is 37.3 Å². The molecule has 0 aliphatic carbocycles. The molecule has 0 saturated carbocycles. The number of aliphatic hydroxyl groups is 1. The molecule has 11 heteroatoms. The van der Waals surface area contributed by atoms with Gasteiger partial charge in [-0.1, -0.05) is 30.3 Å². The molecule has 2 amide bonds. The molecule has 2 fully saturated rings. The minimum absolute atomic E-state index is 0.00820. The zero-order valence-electron chi connectivity index (χ0n) is 25.0. The van der Waals surface area contributed by atoms with E-state index >= 15 is 0 Å². The van der Waals surface area contributed by atoms with Crippen LogP contribution in [-0.2, 0) is 11.3 Å². The van der Waals surface area contributed by atoms with Crippen molar-refractivity contribution >= 4 is 28.7 Å². The molecule has 0 unspecified atom stereocenters. The van der Waals surface area contributed by atoms with Crippen LogP contribution in [0, 0.1) is 5.92 Å². The van der Waals surface area contributed by atoms with Crippen LogP contribution in [0.15, 0.2) is 78.0 Å². The normalized spacial score (nSPS) is 20.1. The van der Waals surface area contributed by atoms with Crippen molar-refractivity contribution in [3.05, 3.63) is 89.1 Å². The average molecular weight is 599 g/mol. The Hall–Kier alpha value is -4.64. The second kappa shape index (κ2) is 11.8. The van der Waals surface area contributed by atoms with Crippen LogP contribution < -0.4 is 10.5 Å². The van der Waals surface area contributed by atoms with Gasteiger partial charge in [0.2, 0.25) is 5.91 Å². The molecule has 6 rings (SSSR count). The maximum absolute atomic E-state index is 13.8. The van der Waals surface area contributed by atoms with E-state index in [2.05, 4.69) is 4.98 Å². The van der Waals surface area contributed by atoms with Gasteiger partial charge in [0.05, 0.1) is 17.5 Å². The third-order valence-electron chi connectivity index (χ3n) is 9.21. The van der Waals surface area contributed by atoms with E-state index in [1.807, 2.05) is 84.4 Å². The molecule has 230 valence electrons. The first-order valence-corrected chi connectivity index (χ1v) is 15.0. The monoisotopic (exact) mass is 598 g/mol. The molecular weight excluding hydrogens is 560 g/mol. The van der Waals surface area contributed by atoms with Gasteiger partial charge in [0.25, 0.3) is 5.56 Å². The van der Waals surface area contributed by atoms with Crippen molar-refractivity contribution < 1.29 is 19.8 Å². The zero-order valence-corrected chi connectivity index (χ0v) is 25.0. The van der Waals surface area contributed by atoms with Crippen molar-refractivity contribution in [3.8, 4) is 5.69 Å². The molecule has 44 heavy (non-hydrogen) atoms. The van der Waals surface area contributed by atoms with Crippen molar-refractivity contribution in [1.29, 1.82) is 0 Å². The number of carboxylic acid groups (broad SMARTS) is 1. The topological polar surface area (TPSA) is 124 Å².